The van der Waals surface area contributed by atoms with E-state index < -0.39 is 0 Å². The van der Waals surface area contributed by atoms with E-state index in [9.17, 15) is 0 Å². The quantitative estimate of drug-likeness (QED) is 0.812. The molecule has 1 aliphatic heterocycles. The van der Waals surface area contributed by atoms with Crippen LogP contribution in [0.3, 0.4) is 0 Å². The lowest BCUT2D eigenvalue weighted by Crippen LogP contribution is -2.34. The fourth-order valence-electron chi connectivity index (χ4n) is 3.59. The standard InChI is InChI=1S/C21H27NO/c1-16-12-20(19-9-5-4-6-10-19)13-17(2)21(16)23-15-18-8-7-11-22(3)14-18/h4-6,9-10,12-13,18H,7-8,11,14-15H2,1-3H3. The van der Waals surface area contributed by atoms with Crippen molar-refractivity contribution in [2.45, 2.75) is 26.7 Å². The van der Waals surface area contributed by atoms with Gasteiger partial charge in [0.15, 0.2) is 0 Å². The van der Waals surface area contributed by atoms with Crippen LogP contribution in [-0.2, 0) is 0 Å². The fourth-order valence-corrected chi connectivity index (χ4v) is 3.59. The van der Waals surface area contributed by atoms with E-state index in [4.69, 9.17) is 4.74 Å². The van der Waals surface area contributed by atoms with Crippen molar-refractivity contribution < 1.29 is 4.74 Å². The van der Waals surface area contributed by atoms with Gasteiger partial charge in [-0.05, 0) is 74.7 Å². The van der Waals surface area contributed by atoms with Gasteiger partial charge in [-0.25, -0.2) is 0 Å². The molecule has 1 heterocycles. The second kappa shape index (κ2) is 7.18. The van der Waals surface area contributed by atoms with Gasteiger partial charge in [0, 0.05) is 12.5 Å². The van der Waals surface area contributed by atoms with E-state index in [-0.39, 0.29) is 0 Å². The molecule has 1 atom stereocenters. The molecule has 1 aliphatic rings. The molecule has 0 amide bonds. The first-order valence-electron chi connectivity index (χ1n) is 8.61. The summed E-state index contributed by atoms with van der Waals surface area (Å²) in [6.45, 7) is 7.51. The predicted molar refractivity (Wildman–Crippen MR) is 97.1 cm³/mol. The van der Waals surface area contributed by atoms with Crippen molar-refractivity contribution in [3.05, 3.63) is 53.6 Å². The average molecular weight is 309 g/mol. The Bertz CT molecular complexity index is 627. The van der Waals surface area contributed by atoms with E-state index in [0.717, 1.165) is 18.9 Å². The molecule has 2 aromatic rings. The molecule has 1 fully saturated rings. The zero-order valence-corrected chi connectivity index (χ0v) is 14.5. The molecule has 2 aromatic carbocycles. The van der Waals surface area contributed by atoms with E-state index >= 15 is 0 Å². The molecule has 23 heavy (non-hydrogen) atoms. The summed E-state index contributed by atoms with van der Waals surface area (Å²) in [5.74, 6) is 1.72. The zero-order valence-electron chi connectivity index (χ0n) is 14.5. The second-order valence-corrected chi connectivity index (χ2v) is 6.89. The van der Waals surface area contributed by atoms with Gasteiger partial charge in [0.1, 0.15) is 5.75 Å². The summed E-state index contributed by atoms with van der Waals surface area (Å²) >= 11 is 0. The van der Waals surface area contributed by atoms with Crippen LogP contribution in [0.1, 0.15) is 24.0 Å². The zero-order chi connectivity index (χ0) is 16.2. The maximum Gasteiger partial charge on any atom is 0.125 e. The van der Waals surface area contributed by atoms with Gasteiger partial charge in [-0.3, -0.25) is 0 Å². The summed E-state index contributed by atoms with van der Waals surface area (Å²) in [5, 5.41) is 0. The average Bonchev–Trinajstić information content (AvgIpc) is 2.55. The molecule has 0 saturated carbocycles. The third-order valence-electron chi connectivity index (χ3n) is 4.75. The summed E-state index contributed by atoms with van der Waals surface area (Å²) in [7, 11) is 2.21. The number of nitrogens with zero attached hydrogens (tertiary/aromatic N) is 1. The fraction of sp³-hybridized carbons (Fsp3) is 0.429. The third-order valence-corrected chi connectivity index (χ3v) is 4.75. The number of hydrogen-bond donors (Lipinski definition) is 0. The molecule has 1 unspecified atom stereocenters. The molecule has 0 N–H and O–H groups in total. The maximum absolute atomic E-state index is 6.22. The highest BCUT2D eigenvalue weighted by atomic mass is 16.5. The highest BCUT2D eigenvalue weighted by molar-refractivity contribution is 5.67. The summed E-state index contributed by atoms with van der Waals surface area (Å²) in [5.41, 5.74) is 4.99. The van der Waals surface area contributed by atoms with Gasteiger partial charge in [0.05, 0.1) is 6.61 Å². The van der Waals surface area contributed by atoms with Crippen LogP contribution >= 0.6 is 0 Å². The van der Waals surface area contributed by atoms with E-state index in [1.165, 1.54) is 41.6 Å². The summed E-state index contributed by atoms with van der Waals surface area (Å²) in [6, 6.07) is 15.0. The molecular formula is C21H27NO. The summed E-state index contributed by atoms with van der Waals surface area (Å²) in [4.78, 5) is 2.41. The Kier molecular flexibility index (Phi) is 5.02. The summed E-state index contributed by atoms with van der Waals surface area (Å²) < 4.78 is 6.22. The summed E-state index contributed by atoms with van der Waals surface area (Å²) in [6.07, 6.45) is 2.57. The van der Waals surface area contributed by atoms with Crippen LogP contribution in [0.15, 0.2) is 42.5 Å². The Morgan fingerprint density at radius 2 is 1.74 bits per heavy atom. The Balaban J connectivity index is 1.73. The Hall–Kier alpha value is -1.80. The van der Waals surface area contributed by atoms with E-state index in [2.05, 4.69) is 68.3 Å². The molecule has 2 nitrogen and oxygen atoms in total. The number of hydrogen-bond acceptors (Lipinski definition) is 2. The monoisotopic (exact) mass is 309 g/mol. The number of likely N-dealkylation sites (tertiary alicyclic amines) is 1. The van der Waals surface area contributed by atoms with Crippen molar-refractivity contribution in [1.29, 1.82) is 0 Å². The number of rotatable bonds is 4. The Morgan fingerprint density at radius 1 is 1.04 bits per heavy atom. The molecule has 2 heteroatoms. The van der Waals surface area contributed by atoms with Crippen molar-refractivity contribution in [2.75, 3.05) is 26.7 Å². The lowest BCUT2D eigenvalue weighted by atomic mass is 9.98. The first kappa shape index (κ1) is 16.1. The van der Waals surface area contributed by atoms with Gasteiger partial charge in [0.25, 0.3) is 0 Å². The largest absolute Gasteiger partial charge is 0.493 e. The van der Waals surface area contributed by atoms with Gasteiger partial charge < -0.3 is 9.64 Å². The van der Waals surface area contributed by atoms with Crippen LogP contribution in [0.5, 0.6) is 5.75 Å². The van der Waals surface area contributed by atoms with Gasteiger partial charge in [-0.1, -0.05) is 30.3 Å². The predicted octanol–water partition coefficient (Wildman–Crippen LogP) is 4.69. The van der Waals surface area contributed by atoms with Crippen LogP contribution in [0.2, 0.25) is 0 Å². The first-order valence-corrected chi connectivity index (χ1v) is 8.61. The Labute approximate surface area is 140 Å². The van der Waals surface area contributed by atoms with E-state index in [1.807, 2.05) is 0 Å². The highest BCUT2D eigenvalue weighted by Gasteiger charge is 2.18. The first-order chi connectivity index (χ1) is 11.1. The molecule has 0 radical (unpaired) electrons. The smallest absolute Gasteiger partial charge is 0.125 e. The Morgan fingerprint density at radius 3 is 2.39 bits per heavy atom. The normalized spacial score (nSPS) is 18.8. The molecular weight excluding hydrogens is 282 g/mol. The van der Waals surface area contributed by atoms with Crippen LogP contribution in [0, 0.1) is 19.8 Å². The minimum Gasteiger partial charge on any atom is -0.493 e. The van der Waals surface area contributed by atoms with Crippen molar-refractivity contribution in [3.63, 3.8) is 0 Å². The molecule has 122 valence electrons. The second-order valence-electron chi connectivity index (χ2n) is 6.89. The van der Waals surface area contributed by atoms with Gasteiger partial charge in [-0.15, -0.1) is 0 Å². The minimum absolute atomic E-state index is 0.654. The highest BCUT2D eigenvalue weighted by Crippen LogP contribution is 2.30. The van der Waals surface area contributed by atoms with Gasteiger partial charge >= 0.3 is 0 Å². The maximum atomic E-state index is 6.22. The van der Waals surface area contributed by atoms with E-state index in [1.54, 1.807) is 0 Å². The molecule has 3 rings (SSSR count). The molecule has 0 aliphatic carbocycles. The number of piperidine rings is 1. The number of ether oxygens (including phenoxy) is 1. The molecule has 0 aromatic heterocycles. The third kappa shape index (κ3) is 3.94. The van der Waals surface area contributed by atoms with Crippen LogP contribution in [-0.4, -0.2) is 31.6 Å². The van der Waals surface area contributed by atoms with Crippen LogP contribution in [0.4, 0.5) is 0 Å². The number of benzene rings is 2. The van der Waals surface area contributed by atoms with Crippen LogP contribution < -0.4 is 4.74 Å². The topological polar surface area (TPSA) is 12.5 Å². The molecule has 0 spiro atoms. The molecule has 1 saturated heterocycles. The van der Waals surface area contributed by atoms with E-state index in [0.29, 0.717) is 5.92 Å². The number of aryl methyl sites for hydroxylation is 2. The SMILES string of the molecule is Cc1cc(-c2ccccc2)cc(C)c1OCC1CCCN(C)C1. The van der Waals surface area contributed by atoms with Gasteiger partial charge in [-0.2, -0.15) is 0 Å². The van der Waals surface area contributed by atoms with Crippen molar-refractivity contribution in [3.8, 4) is 16.9 Å². The molecule has 0 bridgehead atoms. The van der Waals surface area contributed by atoms with Gasteiger partial charge in [0.2, 0.25) is 0 Å². The van der Waals surface area contributed by atoms with Crippen molar-refractivity contribution >= 4 is 0 Å². The van der Waals surface area contributed by atoms with Crippen molar-refractivity contribution in [2.24, 2.45) is 5.92 Å². The minimum atomic E-state index is 0.654. The lowest BCUT2D eigenvalue weighted by Gasteiger charge is -2.29. The van der Waals surface area contributed by atoms with Crippen molar-refractivity contribution in [1.82, 2.24) is 4.90 Å². The lowest BCUT2D eigenvalue weighted by molar-refractivity contribution is 0.149. The van der Waals surface area contributed by atoms with Crippen LogP contribution in [0.25, 0.3) is 11.1 Å².